The number of hydrogen-bond donors (Lipinski definition) is 2. The van der Waals surface area contributed by atoms with Gasteiger partial charge >= 0.3 is 0 Å². The number of amides is 1. The van der Waals surface area contributed by atoms with Gasteiger partial charge < -0.3 is 15.5 Å². The van der Waals surface area contributed by atoms with Crippen LogP contribution in [0.1, 0.15) is 43.7 Å². The van der Waals surface area contributed by atoms with E-state index in [0.29, 0.717) is 11.9 Å². The van der Waals surface area contributed by atoms with E-state index in [0.717, 1.165) is 25.9 Å². The molecule has 1 aromatic carbocycles. The number of hydrogen-bond acceptors (Lipinski definition) is 2. The number of carbonyl (C=O) groups is 1. The van der Waals surface area contributed by atoms with Gasteiger partial charge in [0.05, 0.1) is 0 Å². The fraction of sp³-hybridized carbons (Fsp3) is 0.579. The second kappa shape index (κ2) is 10.7. The average Bonchev–Trinajstić information content (AvgIpc) is 2.56. The van der Waals surface area contributed by atoms with Crippen LogP contribution >= 0.6 is 0 Å². The van der Waals surface area contributed by atoms with Crippen LogP contribution in [0.5, 0.6) is 0 Å². The van der Waals surface area contributed by atoms with Crippen molar-refractivity contribution in [2.75, 3.05) is 33.7 Å². The predicted molar refractivity (Wildman–Crippen MR) is 102 cm³/mol. The maximum Gasteiger partial charge on any atom is 0.243 e. The minimum absolute atomic E-state index is 0.00169. The number of likely N-dealkylation sites (N-methyl/N-ethyl adjacent to an activating group) is 1. The summed E-state index contributed by atoms with van der Waals surface area (Å²) in [6.07, 6.45) is 2.20. The van der Waals surface area contributed by atoms with Crippen LogP contribution in [0.3, 0.4) is 0 Å². The molecule has 0 saturated heterocycles. The lowest BCUT2D eigenvalue weighted by molar-refractivity contribution is -0.127. The summed E-state index contributed by atoms with van der Waals surface area (Å²) in [7, 11) is 3.49. The van der Waals surface area contributed by atoms with Gasteiger partial charge in [0.15, 0.2) is 5.96 Å². The van der Waals surface area contributed by atoms with Crippen molar-refractivity contribution in [2.24, 2.45) is 4.99 Å². The van der Waals surface area contributed by atoms with Crippen LogP contribution in [0, 0.1) is 6.92 Å². The summed E-state index contributed by atoms with van der Waals surface area (Å²) in [6, 6.07) is 8.60. The summed E-state index contributed by atoms with van der Waals surface area (Å²) in [5.74, 6) is 1.07. The summed E-state index contributed by atoms with van der Waals surface area (Å²) in [5.41, 5.74) is 2.56. The molecule has 5 heteroatoms. The Morgan fingerprint density at radius 1 is 1.21 bits per heavy atom. The molecule has 0 aliphatic heterocycles. The maximum atomic E-state index is 11.7. The van der Waals surface area contributed by atoms with Crippen molar-refractivity contribution in [3.05, 3.63) is 35.4 Å². The van der Waals surface area contributed by atoms with Gasteiger partial charge in [-0.25, -0.2) is 4.99 Å². The number of nitrogens with zero attached hydrogens (tertiary/aromatic N) is 2. The third-order valence-electron chi connectivity index (χ3n) is 3.92. The number of aliphatic imine (C=N–C) groups is 1. The summed E-state index contributed by atoms with van der Waals surface area (Å²) in [6.45, 7) is 8.23. The Kier molecular flexibility index (Phi) is 8.90. The normalized spacial score (nSPS) is 12.6. The Bertz CT molecular complexity index is 523. The molecule has 0 radical (unpaired) electrons. The van der Waals surface area contributed by atoms with E-state index in [1.165, 1.54) is 11.1 Å². The molecule has 0 saturated carbocycles. The summed E-state index contributed by atoms with van der Waals surface area (Å²) >= 11 is 0. The third kappa shape index (κ3) is 7.49. The van der Waals surface area contributed by atoms with Crippen LogP contribution in [0.25, 0.3) is 0 Å². The van der Waals surface area contributed by atoms with Crippen molar-refractivity contribution in [1.29, 1.82) is 0 Å². The Hall–Kier alpha value is -2.04. The largest absolute Gasteiger partial charge is 0.356 e. The van der Waals surface area contributed by atoms with Gasteiger partial charge in [0.2, 0.25) is 5.91 Å². The van der Waals surface area contributed by atoms with Crippen molar-refractivity contribution in [1.82, 2.24) is 15.5 Å². The minimum atomic E-state index is -0.00169. The minimum Gasteiger partial charge on any atom is -0.356 e. The lowest BCUT2D eigenvalue weighted by atomic mass is 10.0. The molecule has 24 heavy (non-hydrogen) atoms. The Labute approximate surface area is 146 Å². The highest BCUT2D eigenvalue weighted by Gasteiger charge is 2.08. The molecule has 5 nitrogen and oxygen atoms in total. The molecule has 0 aromatic heterocycles. The lowest BCUT2D eigenvalue weighted by Crippen LogP contribution is -2.40. The van der Waals surface area contributed by atoms with Crippen LogP contribution in [0.2, 0.25) is 0 Å². The monoisotopic (exact) mass is 332 g/mol. The Balaban J connectivity index is 2.60. The van der Waals surface area contributed by atoms with Gasteiger partial charge in [-0.15, -0.1) is 0 Å². The van der Waals surface area contributed by atoms with E-state index >= 15 is 0 Å². The topological polar surface area (TPSA) is 56.7 Å². The van der Waals surface area contributed by atoms with Crippen LogP contribution in [-0.2, 0) is 4.79 Å². The number of nitrogens with one attached hydrogen (secondary N) is 2. The zero-order valence-corrected chi connectivity index (χ0v) is 15.7. The highest BCUT2D eigenvalue weighted by Crippen LogP contribution is 2.14. The number of guanidine groups is 1. The van der Waals surface area contributed by atoms with Crippen molar-refractivity contribution in [3.8, 4) is 0 Å². The third-order valence-corrected chi connectivity index (χ3v) is 3.92. The molecule has 2 N–H and O–H groups in total. The number of aryl methyl sites for hydroxylation is 1. The zero-order chi connectivity index (χ0) is 17.9. The molecule has 1 rings (SSSR count). The molecule has 1 amide bonds. The molecule has 0 aliphatic rings. The van der Waals surface area contributed by atoms with Gasteiger partial charge in [-0.05, 0) is 24.8 Å². The maximum absolute atomic E-state index is 11.7. The fourth-order valence-electron chi connectivity index (χ4n) is 2.11. The fourth-order valence-corrected chi connectivity index (χ4v) is 2.11. The first-order valence-corrected chi connectivity index (χ1v) is 8.73. The highest BCUT2D eigenvalue weighted by atomic mass is 16.2. The van der Waals surface area contributed by atoms with Gasteiger partial charge in [0.25, 0.3) is 0 Å². The first kappa shape index (κ1) is 20.0. The molecule has 0 heterocycles. The highest BCUT2D eigenvalue weighted by molar-refractivity contribution is 5.84. The van der Waals surface area contributed by atoms with Crippen molar-refractivity contribution in [2.45, 2.75) is 39.5 Å². The number of carbonyl (C=O) groups excluding carboxylic acids is 1. The van der Waals surface area contributed by atoms with Crippen LogP contribution in [-0.4, -0.2) is 50.5 Å². The van der Waals surface area contributed by atoms with Crippen LogP contribution in [0.4, 0.5) is 0 Å². The molecule has 1 aromatic rings. The predicted octanol–water partition coefficient (Wildman–Crippen LogP) is 2.52. The second-order valence-electron chi connectivity index (χ2n) is 6.43. The van der Waals surface area contributed by atoms with E-state index in [2.05, 4.69) is 60.7 Å². The molecule has 0 aliphatic carbocycles. The number of unbranched alkanes of at least 4 members (excludes halogenated alkanes) is 1. The van der Waals surface area contributed by atoms with E-state index < -0.39 is 0 Å². The first-order chi connectivity index (χ1) is 11.4. The first-order valence-electron chi connectivity index (χ1n) is 8.73. The molecule has 0 spiro atoms. The lowest BCUT2D eigenvalue weighted by Gasteiger charge is -2.17. The number of rotatable bonds is 8. The van der Waals surface area contributed by atoms with Crippen molar-refractivity contribution >= 4 is 11.9 Å². The van der Waals surface area contributed by atoms with Gasteiger partial charge in [-0.1, -0.05) is 50.1 Å². The summed E-state index contributed by atoms with van der Waals surface area (Å²) in [5, 5.41) is 6.65. The zero-order valence-electron chi connectivity index (χ0n) is 15.7. The van der Waals surface area contributed by atoms with Gasteiger partial charge in [0, 0.05) is 27.2 Å². The smallest absolute Gasteiger partial charge is 0.243 e. The molecule has 0 fully saturated rings. The van der Waals surface area contributed by atoms with E-state index in [4.69, 9.17) is 0 Å². The van der Waals surface area contributed by atoms with Crippen LogP contribution < -0.4 is 10.6 Å². The second-order valence-corrected chi connectivity index (χ2v) is 6.43. The van der Waals surface area contributed by atoms with E-state index in [1.54, 1.807) is 19.0 Å². The standard InChI is InChI=1S/C19H32N4O/c1-6-7-12-20-19(22-14-18(24)23(4)5)21-13-16(3)17-10-8-15(2)9-11-17/h8-11,16H,6-7,12-14H2,1-5H3,(H2,20,21,22). The van der Waals surface area contributed by atoms with Gasteiger partial charge in [-0.3, -0.25) is 4.79 Å². The molecular formula is C19H32N4O. The molecule has 134 valence electrons. The average molecular weight is 332 g/mol. The van der Waals surface area contributed by atoms with Crippen molar-refractivity contribution in [3.63, 3.8) is 0 Å². The number of benzene rings is 1. The van der Waals surface area contributed by atoms with Crippen LogP contribution in [0.15, 0.2) is 29.3 Å². The molecular weight excluding hydrogens is 300 g/mol. The quantitative estimate of drug-likeness (QED) is 0.437. The van der Waals surface area contributed by atoms with Crippen molar-refractivity contribution < 1.29 is 4.79 Å². The SMILES string of the molecule is CCCCNC(=NCC(=O)N(C)C)NCC(C)c1ccc(C)cc1. The summed E-state index contributed by atoms with van der Waals surface area (Å²) in [4.78, 5) is 17.7. The summed E-state index contributed by atoms with van der Waals surface area (Å²) < 4.78 is 0. The van der Waals surface area contributed by atoms with Gasteiger partial charge in [-0.2, -0.15) is 0 Å². The van der Waals surface area contributed by atoms with Gasteiger partial charge in [0.1, 0.15) is 6.54 Å². The van der Waals surface area contributed by atoms with E-state index in [-0.39, 0.29) is 12.5 Å². The molecule has 0 bridgehead atoms. The molecule has 1 atom stereocenters. The molecule has 1 unspecified atom stereocenters. The van der Waals surface area contributed by atoms with E-state index in [9.17, 15) is 4.79 Å². The van der Waals surface area contributed by atoms with E-state index in [1.807, 2.05) is 0 Å². The Morgan fingerprint density at radius 2 is 1.88 bits per heavy atom. The Morgan fingerprint density at radius 3 is 2.46 bits per heavy atom.